The number of hydrogen-bond acceptors (Lipinski definition) is 4. The molecule has 0 bridgehead atoms. The molecule has 1 aromatic heterocycles. The van der Waals surface area contributed by atoms with Gasteiger partial charge in [0.1, 0.15) is 0 Å². The Morgan fingerprint density at radius 3 is 2.71 bits per heavy atom. The van der Waals surface area contributed by atoms with Crippen molar-refractivity contribution in [3.05, 3.63) is 42.6 Å². The summed E-state index contributed by atoms with van der Waals surface area (Å²) < 4.78 is 4.73. The minimum Gasteiger partial charge on any atom is -0.420 e. The maximum Gasteiger partial charge on any atom is 0.313 e. The van der Waals surface area contributed by atoms with Crippen LogP contribution in [0.1, 0.15) is 10.7 Å². The van der Waals surface area contributed by atoms with E-state index in [1.807, 2.05) is 18.2 Å². The van der Waals surface area contributed by atoms with E-state index in [2.05, 4.69) is 15.5 Å². The first-order chi connectivity index (χ1) is 6.86. The summed E-state index contributed by atoms with van der Waals surface area (Å²) in [7, 11) is 0. The van der Waals surface area contributed by atoms with Crippen LogP contribution in [0.2, 0.25) is 0 Å². The highest BCUT2D eigenvalue weighted by atomic mass is 16.4. The molecule has 0 aliphatic carbocycles. The summed E-state index contributed by atoms with van der Waals surface area (Å²) in [4.78, 5) is 11.4. The molecule has 1 heterocycles. The predicted octanol–water partition coefficient (Wildman–Crippen LogP) is 1.32. The van der Waals surface area contributed by atoms with Gasteiger partial charge in [-0.05, 0) is 12.1 Å². The first-order valence-electron chi connectivity index (χ1n) is 3.99. The van der Waals surface area contributed by atoms with Crippen molar-refractivity contribution in [3.8, 4) is 0 Å². The molecular weight excluding hydrogens is 182 g/mol. The molecule has 0 spiro atoms. The molecule has 14 heavy (non-hydrogen) atoms. The van der Waals surface area contributed by atoms with Gasteiger partial charge in [-0.1, -0.05) is 18.2 Å². The summed E-state index contributed by atoms with van der Waals surface area (Å²) in [6.07, 6.45) is 1.11. The largest absolute Gasteiger partial charge is 0.420 e. The third-order valence-electron chi connectivity index (χ3n) is 1.59. The van der Waals surface area contributed by atoms with Crippen LogP contribution >= 0.6 is 0 Å². The molecule has 2 aromatic rings. The summed E-state index contributed by atoms with van der Waals surface area (Å²) in [5.74, 6) is -0.456. The summed E-state index contributed by atoms with van der Waals surface area (Å²) in [5, 5.41) is 9.50. The average molecular weight is 189 g/mol. The van der Waals surface area contributed by atoms with Gasteiger partial charge in [0.15, 0.2) is 0 Å². The number of carbonyl (C=O) groups is 1. The number of rotatable bonds is 2. The first kappa shape index (κ1) is 8.43. The van der Waals surface area contributed by atoms with Crippen molar-refractivity contribution in [2.75, 3.05) is 5.32 Å². The molecule has 0 unspecified atom stereocenters. The van der Waals surface area contributed by atoms with Gasteiger partial charge in [0.25, 0.3) is 0 Å². The molecule has 0 atom stereocenters. The lowest BCUT2D eigenvalue weighted by Gasteiger charge is -1.99. The maximum absolute atomic E-state index is 11.4. The van der Waals surface area contributed by atoms with Crippen molar-refractivity contribution in [1.29, 1.82) is 0 Å². The summed E-state index contributed by atoms with van der Waals surface area (Å²) in [6.45, 7) is 0. The molecule has 70 valence electrons. The number of para-hydroxylation sites is 1. The molecule has 1 aromatic carbocycles. The maximum atomic E-state index is 11.4. The average Bonchev–Trinajstić information content (AvgIpc) is 2.72. The van der Waals surface area contributed by atoms with E-state index in [-0.39, 0.29) is 5.89 Å². The first-order valence-corrected chi connectivity index (χ1v) is 3.99. The smallest absolute Gasteiger partial charge is 0.313 e. The zero-order valence-electron chi connectivity index (χ0n) is 7.18. The van der Waals surface area contributed by atoms with E-state index < -0.39 is 5.91 Å². The van der Waals surface area contributed by atoms with E-state index in [0.29, 0.717) is 5.69 Å². The van der Waals surface area contributed by atoms with Crippen LogP contribution < -0.4 is 5.32 Å². The molecule has 2 rings (SSSR count). The second-order valence-electron chi connectivity index (χ2n) is 2.56. The topological polar surface area (TPSA) is 68.0 Å². The third-order valence-corrected chi connectivity index (χ3v) is 1.59. The summed E-state index contributed by atoms with van der Waals surface area (Å²) in [5.41, 5.74) is 0.690. The van der Waals surface area contributed by atoms with E-state index in [0.717, 1.165) is 6.39 Å². The van der Waals surface area contributed by atoms with Gasteiger partial charge in [-0.25, -0.2) is 0 Å². The van der Waals surface area contributed by atoms with Crippen molar-refractivity contribution in [2.45, 2.75) is 0 Å². The van der Waals surface area contributed by atoms with Crippen LogP contribution in [0, 0.1) is 0 Å². The van der Waals surface area contributed by atoms with Gasteiger partial charge >= 0.3 is 11.8 Å². The van der Waals surface area contributed by atoms with Crippen LogP contribution in [0.5, 0.6) is 0 Å². The quantitative estimate of drug-likeness (QED) is 0.773. The summed E-state index contributed by atoms with van der Waals surface area (Å²) >= 11 is 0. The van der Waals surface area contributed by atoms with Crippen LogP contribution in [0.15, 0.2) is 41.1 Å². The Morgan fingerprint density at radius 1 is 1.29 bits per heavy atom. The van der Waals surface area contributed by atoms with Crippen LogP contribution in [0.4, 0.5) is 5.69 Å². The highest BCUT2D eigenvalue weighted by Crippen LogP contribution is 2.06. The molecule has 0 fully saturated rings. The Kier molecular flexibility index (Phi) is 2.22. The van der Waals surface area contributed by atoms with E-state index in [1.54, 1.807) is 12.1 Å². The number of nitrogens with zero attached hydrogens (tertiary/aromatic N) is 2. The van der Waals surface area contributed by atoms with E-state index in [1.165, 1.54) is 0 Å². The van der Waals surface area contributed by atoms with Crippen molar-refractivity contribution < 1.29 is 9.21 Å². The fourth-order valence-electron chi connectivity index (χ4n) is 0.978. The molecule has 0 radical (unpaired) electrons. The normalized spacial score (nSPS) is 9.71. The number of carbonyl (C=O) groups excluding carboxylic acids is 1. The molecule has 0 aliphatic heterocycles. The lowest BCUT2D eigenvalue weighted by molar-refractivity contribution is 0.0990. The van der Waals surface area contributed by atoms with E-state index in [4.69, 9.17) is 4.42 Å². The monoisotopic (exact) mass is 189 g/mol. The lowest BCUT2D eigenvalue weighted by Crippen LogP contribution is -2.12. The zero-order valence-corrected chi connectivity index (χ0v) is 7.18. The van der Waals surface area contributed by atoms with E-state index in [9.17, 15) is 4.79 Å². The Balaban J connectivity index is 2.10. The van der Waals surface area contributed by atoms with Gasteiger partial charge in [0.2, 0.25) is 6.39 Å². The van der Waals surface area contributed by atoms with Gasteiger partial charge in [-0.15, -0.1) is 10.2 Å². The number of hydrogen-bond donors (Lipinski definition) is 1. The summed E-state index contributed by atoms with van der Waals surface area (Å²) in [6, 6.07) is 9.05. The second-order valence-corrected chi connectivity index (χ2v) is 2.56. The predicted molar refractivity (Wildman–Crippen MR) is 48.7 cm³/mol. The fourth-order valence-corrected chi connectivity index (χ4v) is 0.978. The van der Waals surface area contributed by atoms with Crippen LogP contribution in [0.3, 0.4) is 0 Å². The molecule has 1 amide bonds. The molecule has 0 saturated heterocycles. The standard InChI is InChI=1S/C9H7N3O2/c13-8(9-12-10-6-14-9)11-7-4-2-1-3-5-7/h1-6H,(H,11,13). The minimum absolute atomic E-state index is 0.0474. The van der Waals surface area contributed by atoms with Gasteiger partial charge in [0, 0.05) is 5.69 Å². The lowest BCUT2D eigenvalue weighted by atomic mass is 10.3. The van der Waals surface area contributed by atoms with Crippen molar-refractivity contribution in [2.24, 2.45) is 0 Å². The van der Waals surface area contributed by atoms with Crippen LogP contribution in [0.25, 0.3) is 0 Å². The number of amides is 1. The molecule has 0 aliphatic rings. The van der Waals surface area contributed by atoms with Gasteiger partial charge < -0.3 is 9.73 Å². The van der Waals surface area contributed by atoms with Gasteiger partial charge in [0.05, 0.1) is 0 Å². The number of anilines is 1. The van der Waals surface area contributed by atoms with E-state index >= 15 is 0 Å². The molecule has 1 N–H and O–H groups in total. The minimum atomic E-state index is -0.409. The van der Waals surface area contributed by atoms with Crippen LogP contribution in [-0.4, -0.2) is 16.1 Å². The van der Waals surface area contributed by atoms with Crippen molar-refractivity contribution in [1.82, 2.24) is 10.2 Å². The number of benzene rings is 1. The Bertz CT molecular complexity index is 411. The highest BCUT2D eigenvalue weighted by molar-refractivity contribution is 6.00. The SMILES string of the molecule is O=C(Nc1ccccc1)c1nnco1. The molecule has 0 saturated carbocycles. The Morgan fingerprint density at radius 2 is 2.07 bits per heavy atom. The molecule has 5 nitrogen and oxygen atoms in total. The molecule has 5 heteroatoms. The zero-order chi connectivity index (χ0) is 9.80. The second kappa shape index (κ2) is 3.69. The molecular formula is C9H7N3O2. The van der Waals surface area contributed by atoms with Gasteiger partial charge in [-0.2, -0.15) is 0 Å². The van der Waals surface area contributed by atoms with Crippen molar-refractivity contribution in [3.63, 3.8) is 0 Å². The number of nitrogens with one attached hydrogen (secondary N) is 1. The Labute approximate surface area is 79.8 Å². The van der Waals surface area contributed by atoms with Gasteiger partial charge in [-0.3, -0.25) is 4.79 Å². The third kappa shape index (κ3) is 1.77. The Hall–Kier alpha value is -2.17. The fraction of sp³-hybridized carbons (Fsp3) is 0. The van der Waals surface area contributed by atoms with Crippen LogP contribution in [-0.2, 0) is 0 Å². The van der Waals surface area contributed by atoms with Crippen molar-refractivity contribution >= 4 is 11.6 Å². The highest BCUT2D eigenvalue weighted by Gasteiger charge is 2.10. The number of aromatic nitrogens is 2.